The first-order chi connectivity index (χ1) is 14.8. The molecule has 3 aromatic rings. The predicted molar refractivity (Wildman–Crippen MR) is 116 cm³/mol. The van der Waals surface area contributed by atoms with E-state index in [-0.39, 0.29) is 6.61 Å². The number of hydrogen-bond donors (Lipinski definition) is 1. The van der Waals surface area contributed by atoms with Crippen molar-refractivity contribution in [3.8, 4) is 11.5 Å². The molecule has 31 heavy (non-hydrogen) atoms. The van der Waals surface area contributed by atoms with Crippen LogP contribution in [0.1, 0.15) is 16.7 Å². The lowest BCUT2D eigenvalue weighted by Crippen LogP contribution is -2.04. The van der Waals surface area contributed by atoms with Crippen LogP contribution in [0.15, 0.2) is 65.8 Å². The number of anilines is 1. The minimum Gasteiger partial charge on any atom is -0.493 e. The maximum Gasteiger partial charge on any atom is 0.416 e. The summed E-state index contributed by atoms with van der Waals surface area (Å²) in [5, 5.41) is 4.91. The Morgan fingerprint density at radius 1 is 1.00 bits per heavy atom. The Bertz CT molecular complexity index is 1070. The summed E-state index contributed by atoms with van der Waals surface area (Å²) in [4.78, 5) is 0. The van der Waals surface area contributed by atoms with E-state index in [1.165, 1.54) is 25.5 Å². The number of nitrogens with zero attached hydrogens (tertiary/aromatic N) is 1. The van der Waals surface area contributed by atoms with E-state index in [9.17, 15) is 13.2 Å². The van der Waals surface area contributed by atoms with Crippen molar-refractivity contribution in [3.63, 3.8) is 0 Å². The predicted octanol–water partition coefficient (Wildman–Crippen LogP) is 7.05. The molecule has 0 fully saturated rings. The van der Waals surface area contributed by atoms with Crippen LogP contribution < -0.4 is 14.9 Å². The Morgan fingerprint density at radius 3 is 2.35 bits per heavy atom. The molecule has 0 aromatic heterocycles. The molecule has 0 unspecified atom stereocenters. The number of hydrazone groups is 1. The Labute approximate surface area is 187 Å². The first kappa shape index (κ1) is 22.8. The molecule has 9 heteroatoms. The number of alkyl halides is 3. The van der Waals surface area contributed by atoms with Crippen molar-refractivity contribution < 1.29 is 22.6 Å². The highest BCUT2D eigenvalue weighted by molar-refractivity contribution is 6.32. The molecular formula is C22H17Cl2F3N2O2. The molecule has 0 radical (unpaired) electrons. The van der Waals surface area contributed by atoms with Crippen LogP contribution in [0.25, 0.3) is 0 Å². The minimum absolute atomic E-state index is 0.207. The van der Waals surface area contributed by atoms with E-state index in [4.69, 9.17) is 32.7 Å². The summed E-state index contributed by atoms with van der Waals surface area (Å²) in [5.41, 5.74) is 3.75. The monoisotopic (exact) mass is 468 g/mol. The third-order valence-corrected chi connectivity index (χ3v) is 4.85. The molecule has 0 aliphatic carbocycles. The molecule has 162 valence electrons. The Hall–Kier alpha value is -2.90. The molecule has 3 aromatic carbocycles. The zero-order chi connectivity index (χ0) is 22.4. The molecule has 0 heterocycles. The first-order valence-corrected chi connectivity index (χ1v) is 9.73. The van der Waals surface area contributed by atoms with Gasteiger partial charge in [0.05, 0.1) is 29.6 Å². The van der Waals surface area contributed by atoms with Crippen LogP contribution >= 0.6 is 23.2 Å². The zero-order valence-corrected chi connectivity index (χ0v) is 17.7. The Morgan fingerprint density at radius 2 is 1.71 bits per heavy atom. The second-order valence-electron chi connectivity index (χ2n) is 6.36. The van der Waals surface area contributed by atoms with Gasteiger partial charge in [-0.25, -0.2) is 0 Å². The van der Waals surface area contributed by atoms with Gasteiger partial charge in [0.1, 0.15) is 6.61 Å². The number of nitrogens with one attached hydrogen (secondary N) is 1. The summed E-state index contributed by atoms with van der Waals surface area (Å²) in [6.07, 6.45) is -2.92. The van der Waals surface area contributed by atoms with Gasteiger partial charge in [0, 0.05) is 10.6 Å². The maximum absolute atomic E-state index is 12.6. The van der Waals surface area contributed by atoms with Crippen LogP contribution in [0, 0.1) is 0 Å². The molecule has 0 aliphatic heterocycles. The van der Waals surface area contributed by atoms with Crippen LogP contribution in [0.3, 0.4) is 0 Å². The number of halogens is 5. The summed E-state index contributed by atoms with van der Waals surface area (Å²) >= 11 is 12.5. The molecular weight excluding hydrogens is 452 g/mol. The number of methoxy groups -OCH3 is 1. The molecule has 4 nitrogen and oxygen atoms in total. The molecule has 0 atom stereocenters. The highest BCUT2D eigenvalue weighted by Gasteiger charge is 2.29. The second-order valence-corrected chi connectivity index (χ2v) is 7.17. The SMILES string of the molecule is COc1cc(/C=N/Nc2ccc(C(F)(F)F)cc2)cc(Cl)c1OCc1ccccc1Cl. The summed E-state index contributed by atoms with van der Waals surface area (Å²) in [5.74, 6) is 0.757. The van der Waals surface area contributed by atoms with Gasteiger partial charge in [-0.2, -0.15) is 18.3 Å². The van der Waals surface area contributed by atoms with Gasteiger partial charge >= 0.3 is 6.18 Å². The number of ether oxygens (including phenoxy) is 2. The van der Waals surface area contributed by atoms with Gasteiger partial charge in [0.2, 0.25) is 0 Å². The summed E-state index contributed by atoms with van der Waals surface area (Å²) in [6.45, 7) is 0.207. The fraction of sp³-hybridized carbons (Fsp3) is 0.136. The number of hydrogen-bond acceptors (Lipinski definition) is 4. The fourth-order valence-electron chi connectivity index (χ4n) is 2.63. The second kappa shape index (κ2) is 9.94. The minimum atomic E-state index is -4.38. The third-order valence-electron chi connectivity index (χ3n) is 4.20. The fourth-order valence-corrected chi connectivity index (χ4v) is 3.10. The van der Waals surface area contributed by atoms with Gasteiger partial charge in [-0.05, 0) is 48.0 Å². The quantitative estimate of drug-likeness (QED) is 0.298. The van der Waals surface area contributed by atoms with Crippen LogP contribution in [0.2, 0.25) is 10.0 Å². The highest BCUT2D eigenvalue weighted by atomic mass is 35.5. The van der Waals surface area contributed by atoms with E-state index in [1.54, 1.807) is 18.2 Å². The van der Waals surface area contributed by atoms with Gasteiger partial charge in [0.25, 0.3) is 0 Å². The molecule has 0 spiro atoms. The van der Waals surface area contributed by atoms with Crippen molar-refractivity contribution in [2.75, 3.05) is 12.5 Å². The normalized spacial score (nSPS) is 11.5. The van der Waals surface area contributed by atoms with Crippen molar-refractivity contribution in [1.82, 2.24) is 0 Å². The largest absolute Gasteiger partial charge is 0.493 e. The highest BCUT2D eigenvalue weighted by Crippen LogP contribution is 2.37. The number of benzene rings is 3. The van der Waals surface area contributed by atoms with E-state index < -0.39 is 11.7 Å². The molecule has 0 amide bonds. The third kappa shape index (κ3) is 6.06. The Kier molecular flexibility index (Phi) is 7.30. The van der Waals surface area contributed by atoms with Crippen molar-refractivity contribution in [2.45, 2.75) is 12.8 Å². The van der Waals surface area contributed by atoms with Crippen molar-refractivity contribution in [3.05, 3.63) is 87.4 Å². The lowest BCUT2D eigenvalue weighted by molar-refractivity contribution is -0.137. The maximum atomic E-state index is 12.6. The van der Waals surface area contributed by atoms with Crippen LogP contribution in [0.4, 0.5) is 18.9 Å². The van der Waals surface area contributed by atoms with Gasteiger partial charge in [-0.15, -0.1) is 0 Å². The lowest BCUT2D eigenvalue weighted by atomic mass is 10.2. The van der Waals surface area contributed by atoms with Gasteiger partial charge < -0.3 is 9.47 Å². The first-order valence-electron chi connectivity index (χ1n) is 8.98. The average Bonchev–Trinajstić information content (AvgIpc) is 2.73. The van der Waals surface area contributed by atoms with Crippen molar-refractivity contribution >= 4 is 35.1 Å². The van der Waals surface area contributed by atoms with Gasteiger partial charge in [-0.3, -0.25) is 5.43 Å². The summed E-state index contributed by atoms with van der Waals surface area (Å²) in [6, 6.07) is 15.1. The van der Waals surface area contributed by atoms with Crippen LogP contribution in [0.5, 0.6) is 11.5 Å². The van der Waals surface area contributed by atoms with Gasteiger partial charge in [0.15, 0.2) is 11.5 Å². The van der Waals surface area contributed by atoms with Crippen molar-refractivity contribution in [2.24, 2.45) is 5.10 Å². The zero-order valence-electron chi connectivity index (χ0n) is 16.2. The van der Waals surface area contributed by atoms with Gasteiger partial charge in [-0.1, -0.05) is 41.4 Å². The lowest BCUT2D eigenvalue weighted by Gasteiger charge is -2.14. The van der Waals surface area contributed by atoms with Crippen LogP contribution in [-0.2, 0) is 12.8 Å². The van der Waals surface area contributed by atoms with Crippen LogP contribution in [-0.4, -0.2) is 13.3 Å². The smallest absolute Gasteiger partial charge is 0.416 e. The molecule has 0 saturated carbocycles. The van der Waals surface area contributed by atoms with Crippen molar-refractivity contribution in [1.29, 1.82) is 0 Å². The summed E-state index contributed by atoms with van der Waals surface area (Å²) in [7, 11) is 1.48. The topological polar surface area (TPSA) is 42.8 Å². The average molecular weight is 469 g/mol. The summed E-state index contributed by atoms with van der Waals surface area (Å²) < 4.78 is 49.0. The molecule has 3 rings (SSSR count). The van der Waals surface area contributed by atoms with E-state index in [0.29, 0.717) is 32.8 Å². The standard InChI is InChI=1S/C22H17Cl2F3N2O2/c1-30-20-11-14(12-28-29-17-8-6-16(7-9-17)22(25,26)27)10-19(24)21(20)31-13-15-4-2-3-5-18(15)23/h2-12,29H,13H2,1H3/b28-12+. The Balaban J connectivity index is 1.69. The molecule has 0 aliphatic rings. The van der Waals surface area contributed by atoms with E-state index in [0.717, 1.165) is 17.7 Å². The van der Waals surface area contributed by atoms with E-state index in [1.807, 2.05) is 18.2 Å². The van der Waals surface area contributed by atoms with E-state index >= 15 is 0 Å². The molecule has 1 N–H and O–H groups in total. The van der Waals surface area contributed by atoms with E-state index in [2.05, 4.69) is 10.5 Å². The molecule has 0 saturated heterocycles. The molecule has 0 bridgehead atoms. The number of rotatable bonds is 7.